The third kappa shape index (κ3) is 9.59. The topological polar surface area (TPSA) is 101 Å². The molecule has 3 rings (SSSR count). The quantitative estimate of drug-likeness (QED) is 0.353. The Kier molecular flexibility index (Phi) is 12.4. The molecule has 214 valence electrons. The second kappa shape index (κ2) is 15.5. The van der Waals surface area contributed by atoms with Crippen LogP contribution in [0, 0.1) is 11.8 Å². The van der Waals surface area contributed by atoms with E-state index in [0.29, 0.717) is 37.2 Å². The number of piperidine rings is 1. The molecule has 3 N–H and O–H groups in total. The number of nitrogens with one attached hydrogen (secondary N) is 3. The summed E-state index contributed by atoms with van der Waals surface area (Å²) >= 11 is 6.30. The molecule has 0 aliphatic carbocycles. The van der Waals surface area contributed by atoms with Crippen LogP contribution in [0.4, 0.5) is 9.59 Å². The number of likely N-dealkylation sites (tertiary alicyclic amines) is 1. The summed E-state index contributed by atoms with van der Waals surface area (Å²) in [5, 5.41) is 9.84. The monoisotopic (exact) mass is 552 g/mol. The molecule has 1 aromatic rings. The van der Waals surface area contributed by atoms with Crippen molar-refractivity contribution in [1.29, 1.82) is 0 Å². The number of carbonyl (C=O) groups excluding carboxylic acids is 2. The second-order valence-electron chi connectivity index (χ2n) is 10.6. The number of ether oxygens (including phenoxy) is 3. The number of carbonyl (C=O) groups is 2. The van der Waals surface area contributed by atoms with Gasteiger partial charge in [0.15, 0.2) is 0 Å². The Morgan fingerprint density at radius 1 is 1.24 bits per heavy atom. The maximum absolute atomic E-state index is 13.4. The number of methoxy groups -OCH3 is 1. The van der Waals surface area contributed by atoms with Crippen LogP contribution >= 0.6 is 11.6 Å². The molecule has 0 spiro atoms. The molecule has 6 atom stereocenters. The molecule has 10 heteroatoms. The highest BCUT2D eigenvalue weighted by Gasteiger charge is 2.33. The number of urea groups is 1. The Balaban J connectivity index is 1.63. The van der Waals surface area contributed by atoms with Gasteiger partial charge in [-0.1, -0.05) is 23.7 Å². The minimum absolute atomic E-state index is 0.0275. The first-order chi connectivity index (χ1) is 18.3. The average Bonchev–Trinajstić information content (AvgIpc) is 2.88. The van der Waals surface area contributed by atoms with Gasteiger partial charge in [-0.25, -0.2) is 9.59 Å². The molecular formula is C28H45ClN4O5. The van der Waals surface area contributed by atoms with E-state index in [9.17, 15) is 9.59 Å². The first-order valence-electron chi connectivity index (χ1n) is 13.8. The fourth-order valence-electron chi connectivity index (χ4n) is 5.88. The van der Waals surface area contributed by atoms with Crippen molar-refractivity contribution in [2.75, 3.05) is 46.9 Å². The number of nitrogens with zero attached hydrogens (tertiary/aromatic N) is 1. The van der Waals surface area contributed by atoms with Gasteiger partial charge in [0.05, 0.1) is 32.0 Å². The number of likely N-dealkylation sites (N-methyl/N-ethyl adjacent to an activating group) is 1. The molecule has 2 aliphatic heterocycles. The van der Waals surface area contributed by atoms with Crippen LogP contribution in [0.25, 0.3) is 0 Å². The van der Waals surface area contributed by atoms with E-state index >= 15 is 0 Å². The summed E-state index contributed by atoms with van der Waals surface area (Å²) in [6, 6.07) is 7.69. The molecule has 2 heterocycles. The SMILES string of the molecule is CNC[C@H](C[C@@H]1C[C@@H](C)O[C@@H](C)C1)NC(=O)N1CCC[C@@H]([C@@H](OCCNC(=O)OC)c2cccc(Cl)c2)C1. The van der Waals surface area contributed by atoms with Gasteiger partial charge in [-0.15, -0.1) is 0 Å². The third-order valence-electron chi connectivity index (χ3n) is 7.40. The molecule has 9 nitrogen and oxygen atoms in total. The summed E-state index contributed by atoms with van der Waals surface area (Å²) in [7, 11) is 3.26. The molecule has 0 unspecified atom stereocenters. The molecule has 38 heavy (non-hydrogen) atoms. The minimum Gasteiger partial charge on any atom is -0.453 e. The summed E-state index contributed by atoms with van der Waals surface area (Å²) in [6.45, 7) is 6.94. The lowest BCUT2D eigenvalue weighted by molar-refractivity contribution is -0.0547. The number of hydrogen-bond donors (Lipinski definition) is 3. The van der Waals surface area contributed by atoms with Crippen LogP contribution < -0.4 is 16.0 Å². The van der Waals surface area contributed by atoms with E-state index in [1.165, 1.54) is 7.11 Å². The predicted octanol–water partition coefficient (Wildman–Crippen LogP) is 4.36. The fourth-order valence-corrected chi connectivity index (χ4v) is 6.08. The van der Waals surface area contributed by atoms with Crippen LogP contribution in [0.1, 0.15) is 57.6 Å². The molecular weight excluding hydrogens is 508 g/mol. The molecule has 1 aromatic carbocycles. The highest BCUT2D eigenvalue weighted by atomic mass is 35.5. The molecule has 3 amide bonds. The molecule has 2 aliphatic rings. The maximum atomic E-state index is 13.4. The average molecular weight is 553 g/mol. The van der Waals surface area contributed by atoms with Crippen LogP contribution in [0.5, 0.6) is 0 Å². The molecule has 0 radical (unpaired) electrons. The summed E-state index contributed by atoms with van der Waals surface area (Å²) in [5.74, 6) is 0.631. The Bertz CT molecular complexity index is 881. The predicted molar refractivity (Wildman–Crippen MR) is 148 cm³/mol. The lowest BCUT2D eigenvalue weighted by Gasteiger charge is -2.38. The van der Waals surface area contributed by atoms with Gasteiger partial charge in [0.25, 0.3) is 0 Å². The van der Waals surface area contributed by atoms with Crippen LogP contribution in [0.3, 0.4) is 0 Å². The van der Waals surface area contributed by atoms with Crippen molar-refractivity contribution in [1.82, 2.24) is 20.9 Å². The van der Waals surface area contributed by atoms with Crippen molar-refractivity contribution >= 4 is 23.7 Å². The molecule has 0 saturated carbocycles. The largest absolute Gasteiger partial charge is 0.453 e. The van der Waals surface area contributed by atoms with E-state index in [-0.39, 0.29) is 36.3 Å². The van der Waals surface area contributed by atoms with Gasteiger partial charge in [0, 0.05) is 43.2 Å². The first kappa shape index (κ1) is 30.5. The number of amides is 3. The van der Waals surface area contributed by atoms with E-state index in [1.807, 2.05) is 36.2 Å². The number of alkyl carbamates (subject to hydrolysis) is 1. The smallest absolute Gasteiger partial charge is 0.406 e. The first-order valence-corrected chi connectivity index (χ1v) is 14.2. The van der Waals surface area contributed by atoms with Gasteiger partial charge < -0.3 is 35.1 Å². The summed E-state index contributed by atoms with van der Waals surface area (Å²) in [5.41, 5.74) is 0.971. The molecule has 0 bridgehead atoms. The van der Waals surface area contributed by atoms with Crippen molar-refractivity contribution in [3.63, 3.8) is 0 Å². The number of benzene rings is 1. The van der Waals surface area contributed by atoms with Gasteiger partial charge in [-0.3, -0.25) is 0 Å². The summed E-state index contributed by atoms with van der Waals surface area (Å²) in [6.07, 6.45) is 4.58. The van der Waals surface area contributed by atoms with E-state index in [2.05, 4.69) is 34.5 Å². The minimum atomic E-state index is -0.491. The van der Waals surface area contributed by atoms with Crippen molar-refractivity contribution in [2.24, 2.45) is 11.8 Å². The third-order valence-corrected chi connectivity index (χ3v) is 7.63. The van der Waals surface area contributed by atoms with Gasteiger partial charge in [0.2, 0.25) is 0 Å². The fraction of sp³-hybridized carbons (Fsp3) is 0.714. The van der Waals surface area contributed by atoms with Gasteiger partial charge >= 0.3 is 12.1 Å². The molecule has 2 fully saturated rings. The van der Waals surface area contributed by atoms with Gasteiger partial charge in [0.1, 0.15) is 0 Å². The lowest BCUT2D eigenvalue weighted by atomic mass is 9.87. The zero-order valence-corrected chi connectivity index (χ0v) is 24.0. The van der Waals surface area contributed by atoms with Crippen LogP contribution in [0.15, 0.2) is 24.3 Å². The van der Waals surface area contributed by atoms with Crippen LogP contribution in [-0.2, 0) is 14.2 Å². The highest BCUT2D eigenvalue weighted by molar-refractivity contribution is 6.30. The van der Waals surface area contributed by atoms with Crippen molar-refractivity contribution in [3.8, 4) is 0 Å². The zero-order chi connectivity index (χ0) is 27.5. The number of halogens is 1. The Morgan fingerprint density at radius 2 is 2.00 bits per heavy atom. The number of hydrogen-bond acceptors (Lipinski definition) is 6. The van der Waals surface area contributed by atoms with Crippen LogP contribution in [0.2, 0.25) is 5.02 Å². The zero-order valence-electron chi connectivity index (χ0n) is 23.2. The Hall–Kier alpha value is -2.07. The van der Waals surface area contributed by atoms with Crippen LogP contribution in [-0.4, -0.2) is 82.2 Å². The molecule has 2 saturated heterocycles. The van der Waals surface area contributed by atoms with E-state index in [1.54, 1.807) is 0 Å². The second-order valence-corrected chi connectivity index (χ2v) is 11.1. The van der Waals surface area contributed by atoms with Crippen molar-refractivity contribution < 1.29 is 23.8 Å². The normalized spacial score (nSPS) is 25.3. The van der Waals surface area contributed by atoms with Gasteiger partial charge in [-0.05, 0) is 76.6 Å². The summed E-state index contributed by atoms with van der Waals surface area (Å²) < 4.78 is 16.8. The van der Waals surface area contributed by atoms with E-state index in [0.717, 1.165) is 44.2 Å². The Morgan fingerprint density at radius 3 is 2.68 bits per heavy atom. The Labute approximate surface area is 232 Å². The standard InChI is InChI=1S/C28H45ClN4O5/c1-19-13-21(14-20(2)38-19)15-25(17-30-3)32-27(34)33-11-6-8-23(18-33)26(22-7-5-9-24(29)16-22)37-12-10-31-28(35)36-4/h5,7,9,16,19-21,23,25-26,30H,6,8,10-15,17-18H2,1-4H3,(H,31,35)(H,32,34)/t19-,20+,21-,23-,25+,26+/m1/s1. The lowest BCUT2D eigenvalue weighted by Crippen LogP contribution is -2.52. The van der Waals surface area contributed by atoms with Crippen molar-refractivity contribution in [3.05, 3.63) is 34.9 Å². The number of rotatable bonds is 11. The van der Waals surface area contributed by atoms with Crippen molar-refractivity contribution in [2.45, 2.75) is 70.3 Å². The summed E-state index contributed by atoms with van der Waals surface area (Å²) in [4.78, 5) is 26.8. The van der Waals surface area contributed by atoms with Gasteiger partial charge in [-0.2, -0.15) is 0 Å². The maximum Gasteiger partial charge on any atom is 0.406 e. The highest BCUT2D eigenvalue weighted by Crippen LogP contribution is 2.34. The molecule has 0 aromatic heterocycles. The van der Waals surface area contributed by atoms with E-state index < -0.39 is 6.09 Å². The van der Waals surface area contributed by atoms with E-state index in [4.69, 9.17) is 21.1 Å².